The van der Waals surface area contributed by atoms with Crippen LogP contribution in [0.5, 0.6) is 5.88 Å². The van der Waals surface area contributed by atoms with Crippen molar-refractivity contribution in [3.05, 3.63) is 40.0 Å². The second kappa shape index (κ2) is 6.28. The van der Waals surface area contributed by atoms with E-state index in [4.69, 9.17) is 9.15 Å². The van der Waals surface area contributed by atoms with E-state index in [2.05, 4.69) is 9.88 Å². The van der Waals surface area contributed by atoms with E-state index in [0.717, 1.165) is 37.1 Å². The normalized spacial score (nSPS) is 15.0. The second-order valence-electron chi connectivity index (χ2n) is 5.89. The Morgan fingerprint density at radius 1 is 1.25 bits per heavy atom. The lowest BCUT2D eigenvalue weighted by atomic mass is 10.1. The topological polar surface area (TPSA) is 55.6 Å². The quantitative estimate of drug-likeness (QED) is 0.722. The lowest BCUT2D eigenvalue weighted by Crippen LogP contribution is -2.29. The van der Waals surface area contributed by atoms with Crippen LogP contribution in [0.15, 0.2) is 39.0 Å². The maximum absolute atomic E-state index is 12.5. The zero-order chi connectivity index (χ0) is 16.5. The summed E-state index contributed by atoms with van der Waals surface area (Å²) in [5, 5.41) is 1.96. The van der Waals surface area contributed by atoms with E-state index in [9.17, 15) is 4.79 Å². The first kappa shape index (κ1) is 15.2. The Morgan fingerprint density at radius 2 is 2.08 bits per heavy atom. The molecular weight excluding hydrogens is 324 g/mol. The van der Waals surface area contributed by atoms with Gasteiger partial charge in [-0.15, -0.1) is 11.3 Å². The van der Waals surface area contributed by atoms with Crippen molar-refractivity contribution in [2.45, 2.75) is 19.3 Å². The minimum absolute atomic E-state index is 0.0227. The molecule has 0 spiro atoms. The summed E-state index contributed by atoms with van der Waals surface area (Å²) in [6.07, 6.45) is 5.26. The van der Waals surface area contributed by atoms with Gasteiger partial charge < -0.3 is 14.1 Å². The number of anilines is 1. The highest BCUT2D eigenvalue weighted by molar-refractivity contribution is 7.17. The Hall–Kier alpha value is -2.34. The summed E-state index contributed by atoms with van der Waals surface area (Å²) in [5.74, 6) is 1.24. The maximum Gasteiger partial charge on any atom is 0.212 e. The van der Waals surface area contributed by atoms with Gasteiger partial charge >= 0.3 is 0 Å². The SMILES string of the molecule is COc1ccc(-c2csc3c(=O)cc(N4CCCCC4)oc23)cn1. The van der Waals surface area contributed by atoms with Gasteiger partial charge in [0.2, 0.25) is 11.3 Å². The zero-order valence-corrected chi connectivity index (χ0v) is 14.3. The molecule has 0 bridgehead atoms. The molecule has 4 heterocycles. The van der Waals surface area contributed by atoms with Crippen molar-refractivity contribution in [2.75, 3.05) is 25.1 Å². The molecule has 4 rings (SSSR count). The van der Waals surface area contributed by atoms with Crippen molar-refractivity contribution in [1.82, 2.24) is 4.98 Å². The first-order valence-electron chi connectivity index (χ1n) is 8.07. The molecule has 3 aromatic rings. The minimum atomic E-state index is 0.0227. The summed E-state index contributed by atoms with van der Waals surface area (Å²) >= 11 is 1.42. The largest absolute Gasteiger partial charge is 0.481 e. The van der Waals surface area contributed by atoms with Crippen molar-refractivity contribution in [1.29, 1.82) is 0 Å². The van der Waals surface area contributed by atoms with Crippen LogP contribution in [0.3, 0.4) is 0 Å². The smallest absolute Gasteiger partial charge is 0.212 e. The standard InChI is InChI=1S/C18H18N2O3S/c1-22-15-6-5-12(10-19-15)13-11-24-18-14(21)9-16(23-17(13)18)20-7-3-2-4-8-20/h5-6,9-11H,2-4,7-8H2,1H3. The van der Waals surface area contributed by atoms with E-state index >= 15 is 0 Å². The van der Waals surface area contributed by atoms with Crippen LogP contribution < -0.4 is 15.1 Å². The van der Waals surface area contributed by atoms with Crippen LogP contribution in [-0.2, 0) is 0 Å². The minimum Gasteiger partial charge on any atom is -0.481 e. The van der Waals surface area contributed by atoms with Gasteiger partial charge in [-0.25, -0.2) is 4.98 Å². The summed E-state index contributed by atoms with van der Waals surface area (Å²) in [4.78, 5) is 18.9. The number of ether oxygens (including phenoxy) is 1. The first-order chi connectivity index (χ1) is 11.8. The molecule has 1 aliphatic heterocycles. The molecule has 5 nitrogen and oxygen atoms in total. The van der Waals surface area contributed by atoms with Crippen molar-refractivity contribution >= 4 is 27.5 Å². The molecule has 0 saturated carbocycles. The molecular formula is C18H18N2O3S. The summed E-state index contributed by atoms with van der Waals surface area (Å²) in [5.41, 5.74) is 2.50. The number of pyridine rings is 1. The molecule has 6 heteroatoms. The molecule has 1 fully saturated rings. The summed E-state index contributed by atoms with van der Waals surface area (Å²) in [6, 6.07) is 5.37. The Labute approximate surface area is 143 Å². The van der Waals surface area contributed by atoms with E-state index in [1.807, 2.05) is 17.5 Å². The van der Waals surface area contributed by atoms with Crippen LogP contribution in [0.25, 0.3) is 21.4 Å². The summed E-state index contributed by atoms with van der Waals surface area (Å²) in [7, 11) is 1.59. The number of fused-ring (bicyclic) bond motifs is 1. The lowest BCUT2D eigenvalue weighted by molar-refractivity contribution is 0.398. The maximum atomic E-state index is 12.5. The molecule has 0 aromatic carbocycles. The number of aromatic nitrogens is 1. The predicted molar refractivity (Wildman–Crippen MR) is 96.2 cm³/mol. The molecule has 0 atom stereocenters. The van der Waals surface area contributed by atoms with Crippen LogP contribution in [0.2, 0.25) is 0 Å². The first-order valence-corrected chi connectivity index (χ1v) is 8.95. The Morgan fingerprint density at radius 3 is 2.79 bits per heavy atom. The monoisotopic (exact) mass is 342 g/mol. The fourth-order valence-electron chi connectivity index (χ4n) is 3.06. The number of nitrogens with zero attached hydrogens (tertiary/aromatic N) is 2. The molecule has 0 N–H and O–H groups in total. The Balaban J connectivity index is 1.81. The molecule has 1 aliphatic rings. The molecule has 0 amide bonds. The van der Waals surface area contributed by atoms with Gasteiger partial charge in [0.05, 0.1) is 7.11 Å². The number of thiophene rings is 1. The van der Waals surface area contributed by atoms with Crippen LogP contribution >= 0.6 is 11.3 Å². The molecule has 0 unspecified atom stereocenters. The van der Waals surface area contributed by atoms with Crippen LogP contribution in [0.1, 0.15) is 19.3 Å². The number of piperidine rings is 1. The van der Waals surface area contributed by atoms with Crippen LogP contribution in [0.4, 0.5) is 5.88 Å². The van der Waals surface area contributed by atoms with E-state index in [0.29, 0.717) is 22.0 Å². The molecule has 3 aromatic heterocycles. The van der Waals surface area contributed by atoms with Gasteiger partial charge in [-0.05, 0) is 25.3 Å². The van der Waals surface area contributed by atoms with E-state index in [1.165, 1.54) is 17.8 Å². The number of rotatable bonds is 3. The highest BCUT2D eigenvalue weighted by Crippen LogP contribution is 2.35. The Kier molecular flexibility index (Phi) is 3.98. The third kappa shape index (κ3) is 2.67. The highest BCUT2D eigenvalue weighted by atomic mass is 32.1. The average Bonchev–Trinajstić information content (AvgIpc) is 3.07. The lowest BCUT2D eigenvalue weighted by Gasteiger charge is -2.26. The van der Waals surface area contributed by atoms with E-state index in [-0.39, 0.29) is 5.43 Å². The summed E-state index contributed by atoms with van der Waals surface area (Å²) < 4.78 is 11.9. The highest BCUT2D eigenvalue weighted by Gasteiger charge is 2.18. The molecule has 0 radical (unpaired) electrons. The van der Waals surface area contributed by atoms with Crippen molar-refractivity contribution in [3.63, 3.8) is 0 Å². The van der Waals surface area contributed by atoms with Crippen molar-refractivity contribution in [3.8, 4) is 17.0 Å². The number of hydrogen-bond donors (Lipinski definition) is 0. The van der Waals surface area contributed by atoms with Gasteiger partial charge in [-0.2, -0.15) is 0 Å². The zero-order valence-electron chi connectivity index (χ0n) is 13.4. The van der Waals surface area contributed by atoms with E-state index in [1.54, 1.807) is 19.4 Å². The van der Waals surface area contributed by atoms with Crippen LogP contribution in [0, 0.1) is 0 Å². The van der Waals surface area contributed by atoms with Gasteiger partial charge in [0.15, 0.2) is 11.5 Å². The van der Waals surface area contributed by atoms with Crippen molar-refractivity contribution < 1.29 is 9.15 Å². The molecule has 24 heavy (non-hydrogen) atoms. The summed E-state index contributed by atoms with van der Waals surface area (Å²) in [6.45, 7) is 1.88. The molecule has 0 aliphatic carbocycles. The number of methoxy groups -OCH3 is 1. The molecule has 1 saturated heterocycles. The van der Waals surface area contributed by atoms with Gasteiger partial charge in [-0.3, -0.25) is 4.79 Å². The van der Waals surface area contributed by atoms with Gasteiger partial charge in [-0.1, -0.05) is 0 Å². The Bertz CT molecular complexity index is 908. The fourth-order valence-corrected chi connectivity index (χ4v) is 3.97. The number of hydrogen-bond acceptors (Lipinski definition) is 6. The average molecular weight is 342 g/mol. The van der Waals surface area contributed by atoms with Gasteiger partial charge in [0, 0.05) is 47.9 Å². The second-order valence-corrected chi connectivity index (χ2v) is 6.77. The van der Waals surface area contributed by atoms with Gasteiger partial charge in [0.25, 0.3) is 0 Å². The fraction of sp³-hybridized carbons (Fsp3) is 0.333. The predicted octanol–water partition coefficient (Wildman–Crippen LogP) is 3.92. The van der Waals surface area contributed by atoms with Crippen LogP contribution in [-0.4, -0.2) is 25.2 Å². The van der Waals surface area contributed by atoms with Gasteiger partial charge in [0.1, 0.15) is 4.70 Å². The third-order valence-corrected chi connectivity index (χ3v) is 5.33. The van der Waals surface area contributed by atoms with Crippen molar-refractivity contribution in [2.24, 2.45) is 0 Å². The molecule has 124 valence electrons. The van der Waals surface area contributed by atoms with E-state index < -0.39 is 0 Å². The third-order valence-electron chi connectivity index (χ3n) is 4.35.